The van der Waals surface area contributed by atoms with Gasteiger partial charge in [0.1, 0.15) is 5.75 Å². The quantitative estimate of drug-likeness (QED) is 0.671. The highest BCUT2D eigenvalue weighted by atomic mass is 79.9. The van der Waals surface area contributed by atoms with Crippen LogP contribution in [0.4, 0.5) is 8.78 Å². The van der Waals surface area contributed by atoms with Gasteiger partial charge in [0.2, 0.25) is 0 Å². The van der Waals surface area contributed by atoms with Crippen molar-refractivity contribution in [2.45, 2.75) is 11.4 Å². The van der Waals surface area contributed by atoms with Gasteiger partial charge in [0.05, 0.1) is 4.83 Å². The van der Waals surface area contributed by atoms with Crippen LogP contribution in [0.2, 0.25) is 5.02 Å². The van der Waals surface area contributed by atoms with Gasteiger partial charge >= 0.3 is 6.61 Å². The SMILES string of the molecule is FC(F)Oc1ccccc1C(Br)c1ccc(Cl)cc1. The first-order valence-corrected chi connectivity index (χ1v) is 6.80. The number of alkyl halides is 3. The summed E-state index contributed by atoms with van der Waals surface area (Å²) in [6.07, 6.45) is 0. The number of rotatable bonds is 4. The summed E-state index contributed by atoms with van der Waals surface area (Å²) < 4.78 is 29.3. The van der Waals surface area contributed by atoms with Crippen molar-refractivity contribution >= 4 is 27.5 Å². The van der Waals surface area contributed by atoms with Crippen LogP contribution < -0.4 is 4.74 Å². The van der Waals surface area contributed by atoms with Gasteiger partial charge in [0.25, 0.3) is 0 Å². The van der Waals surface area contributed by atoms with Crippen molar-refractivity contribution in [3.05, 3.63) is 64.7 Å². The van der Waals surface area contributed by atoms with E-state index in [9.17, 15) is 8.78 Å². The van der Waals surface area contributed by atoms with Crippen LogP contribution in [-0.4, -0.2) is 6.61 Å². The number of halogens is 4. The molecule has 0 aliphatic heterocycles. The third-order valence-electron chi connectivity index (χ3n) is 2.57. The van der Waals surface area contributed by atoms with Crippen LogP contribution >= 0.6 is 27.5 Å². The molecule has 2 rings (SSSR count). The predicted octanol–water partition coefficient (Wildman–Crippen LogP) is 5.43. The van der Waals surface area contributed by atoms with E-state index in [1.165, 1.54) is 6.07 Å². The summed E-state index contributed by atoms with van der Waals surface area (Å²) in [6, 6.07) is 13.9. The van der Waals surface area contributed by atoms with Crippen molar-refractivity contribution in [2.75, 3.05) is 0 Å². The summed E-state index contributed by atoms with van der Waals surface area (Å²) in [5.74, 6) is 0.161. The number of para-hydroxylation sites is 1. The van der Waals surface area contributed by atoms with E-state index >= 15 is 0 Å². The molecule has 2 aromatic carbocycles. The van der Waals surface area contributed by atoms with E-state index in [4.69, 9.17) is 11.6 Å². The number of ether oxygens (including phenoxy) is 1. The van der Waals surface area contributed by atoms with Crippen LogP contribution in [-0.2, 0) is 0 Å². The Balaban J connectivity index is 2.32. The summed E-state index contributed by atoms with van der Waals surface area (Å²) in [5.41, 5.74) is 1.56. The minimum absolute atomic E-state index is 0.161. The van der Waals surface area contributed by atoms with E-state index in [1.54, 1.807) is 30.3 Å². The van der Waals surface area contributed by atoms with Crippen LogP contribution in [0.15, 0.2) is 48.5 Å². The molecule has 0 saturated heterocycles. The molecular weight excluding hydrogens is 338 g/mol. The van der Waals surface area contributed by atoms with Crippen LogP contribution in [0.5, 0.6) is 5.75 Å². The van der Waals surface area contributed by atoms with Gasteiger partial charge in [0, 0.05) is 10.6 Å². The highest BCUT2D eigenvalue weighted by molar-refractivity contribution is 9.09. The molecule has 5 heteroatoms. The Morgan fingerprint density at radius 3 is 2.26 bits per heavy atom. The number of hydrogen-bond acceptors (Lipinski definition) is 1. The first kappa shape index (κ1) is 14.3. The van der Waals surface area contributed by atoms with E-state index in [0.717, 1.165) is 5.56 Å². The van der Waals surface area contributed by atoms with Gasteiger partial charge in [0.15, 0.2) is 0 Å². The predicted molar refractivity (Wildman–Crippen MR) is 75.3 cm³/mol. The Hall–Kier alpha value is -1.13. The van der Waals surface area contributed by atoms with E-state index in [0.29, 0.717) is 10.6 Å². The van der Waals surface area contributed by atoms with Crippen LogP contribution in [0.1, 0.15) is 16.0 Å². The van der Waals surface area contributed by atoms with Crippen LogP contribution in [0.3, 0.4) is 0 Å². The average Bonchev–Trinajstić information content (AvgIpc) is 2.39. The molecule has 0 radical (unpaired) electrons. The Morgan fingerprint density at radius 1 is 1.00 bits per heavy atom. The van der Waals surface area contributed by atoms with Crippen molar-refractivity contribution in [3.63, 3.8) is 0 Å². The van der Waals surface area contributed by atoms with Gasteiger partial charge in [-0.3, -0.25) is 0 Å². The molecule has 19 heavy (non-hydrogen) atoms. The molecule has 0 aliphatic rings. The van der Waals surface area contributed by atoms with Gasteiger partial charge in [-0.05, 0) is 23.8 Å². The van der Waals surface area contributed by atoms with Crippen molar-refractivity contribution < 1.29 is 13.5 Å². The first-order chi connectivity index (χ1) is 9.08. The normalized spacial score (nSPS) is 12.5. The maximum Gasteiger partial charge on any atom is 0.387 e. The first-order valence-electron chi connectivity index (χ1n) is 5.51. The lowest BCUT2D eigenvalue weighted by Gasteiger charge is -2.15. The molecule has 0 N–H and O–H groups in total. The molecule has 0 heterocycles. The van der Waals surface area contributed by atoms with Gasteiger partial charge < -0.3 is 4.74 Å². The summed E-state index contributed by atoms with van der Waals surface area (Å²) in [5, 5.41) is 0.626. The molecule has 100 valence electrons. The van der Waals surface area contributed by atoms with Gasteiger partial charge in [-0.1, -0.05) is 57.9 Å². The van der Waals surface area contributed by atoms with Crippen molar-refractivity contribution in [3.8, 4) is 5.75 Å². The van der Waals surface area contributed by atoms with Crippen molar-refractivity contribution in [1.82, 2.24) is 0 Å². The molecule has 0 aromatic heterocycles. The van der Waals surface area contributed by atoms with E-state index in [2.05, 4.69) is 20.7 Å². The largest absolute Gasteiger partial charge is 0.434 e. The molecule has 0 amide bonds. The molecule has 1 nitrogen and oxygen atoms in total. The molecule has 0 aliphatic carbocycles. The molecular formula is C14H10BrClF2O. The average molecular weight is 348 g/mol. The molecule has 0 bridgehead atoms. The third-order valence-corrected chi connectivity index (χ3v) is 3.84. The Labute approximate surface area is 123 Å². The van der Waals surface area contributed by atoms with Crippen LogP contribution in [0, 0.1) is 0 Å². The number of hydrogen-bond donors (Lipinski definition) is 0. The van der Waals surface area contributed by atoms with Gasteiger partial charge in [-0.2, -0.15) is 8.78 Å². The minimum atomic E-state index is -2.84. The smallest absolute Gasteiger partial charge is 0.387 e. The molecule has 1 unspecified atom stereocenters. The highest BCUT2D eigenvalue weighted by Gasteiger charge is 2.17. The minimum Gasteiger partial charge on any atom is -0.434 e. The second-order valence-electron chi connectivity index (χ2n) is 3.83. The van der Waals surface area contributed by atoms with E-state index < -0.39 is 6.61 Å². The summed E-state index contributed by atoms with van der Waals surface area (Å²) in [4.78, 5) is -0.236. The molecule has 2 aromatic rings. The van der Waals surface area contributed by atoms with Gasteiger partial charge in [-0.25, -0.2) is 0 Å². The Bertz CT molecular complexity index is 545. The zero-order valence-electron chi connectivity index (χ0n) is 9.69. The topological polar surface area (TPSA) is 9.23 Å². The third kappa shape index (κ3) is 3.67. The maximum atomic E-state index is 12.4. The second kappa shape index (κ2) is 6.35. The monoisotopic (exact) mass is 346 g/mol. The van der Waals surface area contributed by atoms with Crippen LogP contribution in [0.25, 0.3) is 0 Å². The fourth-order valence-corrected chi connectivity index (χ4v) is 2.51. The zero-order valence-corrected chi connectivity index (χ0v) is 12.0. The fraction of sp³-hybridized carbons (Fsp3) is 0.143. The number of benzene rings is 2. The maximum absolute atomic E-state index is 12.4. The molecule has 0 saturated carbocycles. The lowest BCUT2D eigenvalue weighted by molar-refractivity contribution is -0.0503. The summed E-state index contributed by atoms with van der Waals surface area (Å²) >= 11 is 9.31. The second-order valence-corrected chi connectivity index (χ2v) is 5.18. The molecule has 0 spiro atoms. The molecule has 1 atom stereocenters. The summed E-state index contributed by atoms with van der Waals surface area (Å²) in [7, 11) is 0. The van der Waals surface area contributed by atoms with E-state index in [-0.39, 0.29) is 10.6 Å². The van der Waals surface area contributed by atoms with Crippen molar-refractivity contribution in [1.29, 1.82) is 0 Å². The van der Waals surface area contributed by atoms with Gasteiger partial charge in [-0.15, -0.1) is 0 Å². The lowest BCUT2D eigenvalue weighted by Crippen LogP contribution is -2.05. The fourth-order valence-electron chi connectivity index (χ4n) is 1.70. The summed E-state index contributed by atoms with van der Waals surface area (Å²) in [6.45, 7) is -2.84. The highest BCUT2D eigenvalue weighted by Crippen LogP contribution is 2.37. The van der Waals surface area contributed by atoms with Crippen molar-refractivity contribution in [2.24, 2.45) is 0 Å². The standard InChI is InChI=1S/C14H10BrClF2O/c15-13(9-5-7-10(16)8-6-9)11-3-1-2-4-12(11)19-14(17)18/h1-8,13-14H. The zero-order chi connectivity index (χ0) is 13.8. The Kier molecular flexibility index (Phi) is 4.77. The Morgan fingerprint density at radius 2 is 1.63 bits per heavy atom. The lowest BCUT2D eigenvalue weighted by atomic mass is 10.0. The molecule has 0 fully saturated rings. The van der Waals surface area contributed by atoms with E-state index in [1.807, 2.05) is 12.1 Å².